The summed E-state index contributed by atoms with van der Waals surface area (Å²) in [4.78, 5) is 15.3. The molecule has 1 amide bonds. The molecule has 2 aliphatic rings. The number of benzene rings is 1. The highest BCUT2D eigenvalue weighted by molar-refractivity contribution is 6.04. The second kappa shape index (κ2) is 8.00. The molecule has 0 radical (unpaired) electrons. The van der Waals surface area contributed by atoms with Crippen LogP contribution in [0.4, 0.5) is 5.82 Å². The highest BCUT2D eigenvalue weighted by Gasteiger charge is 2.30. The Hall–Kier alpha value is -2.54. The van der Waals surface area contributed by atoms with E-state index < -0.39 is 0 Å². The van der Waals surface area contributed by atoms with E-state index in [2.05, 4.69) is 20.7 Å². The molecule has 3 heterocycles. The van der Waals surface area contributed by atoms with Crippen LogP contribution in [0.3, 0.4) is 0 Å². The third-order valence-electron chi connectivity index (χ3n) is 5.33. The van der Waals surface area contributed by atoms with Gasteiger partial charge in [0.05, 0.1) is 7.11 Å². The predicted molar refractivity (Wildman–Crippen MR) is 103 cm³/mol. The molecule has 0 saturated carbocycles. The molecule has 2 aromatic rings. The summed E-state index contributed by atoms with van der Waals surface area (Å²) in [6.07, 6.45) is 4.10. The largest absolute Gasteiger partial charge is 0.497 e. The molecule has 27 heavy (non-hydrogen) atoms. The van der Waals surface area contributed by atoms with Crippen LogP contribution in [0.25, 0.3) is 11.3 Å². The van der Waals surface area contributed by atoms with Gasteiger partial charge in [-0.25, -0.2) is 0 Å². The quantitative estimate of drug-likeness (QED) is 0.842. The summed E-state index contributed by atoms with van der Waals surface area (Å²) in [7, 11) is 1.63. The lowest BCUT2D eigenvalue weighted by molar-refractivity contribution is 0.0930. The summed E-state index contributed by atoms with van der Waals surface area (Å²) in [5.74, 6) is 1.84. The lowest BCUT2D eigenvalue weighted by atomic mass is 10.0. The molecule has 7 nitrogen and oxygen atoms in total. The molecule has 0 spiro atoms. The molecule has 0 unspecified atom stereocenters. The molecule has 7 heteroatoms. The number of rotatable bonds is 5. The number of nitrogens with one attached hydrogen (secondary N) is 2. The fourth-order valence-corrected chi connectivity index (χ4v) is 3.79. The van der Waals surface area contributed by atoms with Crippen molar-refractivity contribution < 1.29 is 14.1 Å². The van der Waals surface area contributed by atoms with Crippen molar-refractivity contribution in [2.24, 2.45) is 0 Å². The zero-order valence-electron chi connectivity index (χ0n) is 15.7. The van der Waals surface area contributed by atoms with Gasteiger partial charge in [0.25, 0.3) is 5.91 Å². The van der Waals surface area contributed by atoms with Crippen molar-refractivity contribution in [1.29, 1.82) is 0 Å². The van der Waals surface area contributed by atoms with Gasteiger partial charge in [-0.2, -0.15) is 0 Å². The zero-order chi connectivity index (χ0) is 18.6. The number of aromatic nitrogens is 1. The lowest BCUT2D eigenvalue weighted by Crippen LogP contribution is -2.43. The molecule has 2 fully saturated rings. The number of ether oxygens (including phenoxy) is 1. The van der Waals surface area contributed by atoms with Crippen LogP contribution in [0.15, 0.2) is 28.8 Å². The third kappa shape index (κ3) is 3.78. The molecule has 144 valence electrons. The van der Waals surface area contributed by atoms with Gasteiger partial charge in [-0.3, -0.25) is 4.79 Å². The van der Waals surface area contributed by atoms with Gasteiger partial charge < -0.3 is 24.8 Å². The van der Waals surface area contributed by atoms with E-state index in [1.54, 1.807) is 7.11 Å². The zero-order valence-corrected chi connectivity index (χ0v) is 15.7. The first-order valence-electron chi connectivity index (χ1n) is 9.67. The van der Waals surface area contributed by atoms with Crippen molar-refractivity contribution in [3.8, 4) is 17.1 Å². The van der Waals surface area contributed by atoms with Crippen molar-refractivity contribution in [2.45, 2.75) is 31.7 Å². The van der Waals surface area contributed by atoms with E-state index in [1.165, 1.54) is 0 Å². The number of carbonyl (C=O) groups excluding carboxylic acids is 1. The second-order valence-corrected chi connectivity index (χ2v) is 7.13. The Morgan fingerprint density at radius 3 is 2.59 bits per heavy atom. The van der Waals surface area contributed by atoms with Crippen LogP contribution in [0, 0.1) is 0 Å². The fourth-order valence-electron chi connectivity index (χ4n) is 3.79. The van der Waals surface area contributed by atoms with Gasteiger partial charge in [-0.15, -0.1) is 0 Å². The van der Waals surface area contributed by atoms with Crippen LogP contribution in [-0.4, -0.2) is 50.4 Å². The van der Waals surface area contributed by atoms with E-state index in [-0.39, 0.29) is 11.9 Å². The number of carbonyl (C=O) groups is 1. The van der Waals surface area contributed by atoms with E-state index in [1.807, 2.05) is 24.3 Å². The second-order valence-electron chi connectivity index (χ2n) is 7.13. The van der Waals surface area contributed by atoms with E-state index >= 15 is 0 Å². The summed E-state index contributed by atoms with van der Waals surface area (Å²) in [5, 5.41) is 10.8. The molecule has 2 aliphatic heterocycles. The molecule has 2 saturated heterocycles. The molecular formula is C20H26N4O3. The van der Waals surface area contributed by atoms with Crippen LogP contribution in [-0.2, 0) is 0 Å². The highest BCUT2D eigenvalue weighted by Crippen LogP contribution is 2.34. The number of hydrogen-bond acceptors (Lipinski definition) is 6. The van der Waals surface area contributed by atoms with Crippen molar-refractivity contribution >= 4 is 11.7 Å². The summed E-state index contributed by atoms with van der Waals surface area (Å²) in [5.41, 5.74) is 1.37. The highest BCUT2D eigenvalue weighted by atomic mass is 16.5. The molecule has 0 bridgehead atoms. The smallest absolute Gasteiger partial charge is 0.259 e. The van der Waals surface area contributed by atoms with Crippen LogP contribution in [0.1, 0.15) is 36.0 Å². The topological polar surface area (TPSA) is 79.6 Å². The molecule has 2 N–H and O–H groups in total. The van der Waals surface area contributed by atoms with Crippen molar-refractivity contribution in [2.75, 3.05) is 38.2 Å². The van der Waals surface area contributed by atoms with E-state index in [4.69, 9.17) is 9.26 Å². The average molecular weight is 370 g/mol. The van der Waals surface area contributed by atoms with Gasteiger partial charge in [0.1, 0.15) is 11.3 Å². The van der Waals surface area contributed by atoms with E-state index in [9.17, 15) is 4.79 Å². The Kier molecular flexibility index (Phi) is 5.29. The normalized spacial score (nSPS) is 17.9. The molecule has 0 aliphatic carbocycles. The van der Waals surface area contributed by atoms with Gasteiger partial charge in [0.2, 0.25) is 0 Å². The predicted octanol–water partition coefficient (Wildman–Crippen LogP) is 2.43. The van der Waals surface area contributed by atoms with E-state index in [0.717, 1.165) is 63.2 Å². The molecule has 0 atom stereocenters. The molecule has 1 aromatic carbocycles. The monoisotopic (exact) mass is 370 g/mol. The Morgan fingerprint density at radius 2 is 1.93 bits per heavy atom. The molecule has 4 rings (SSSR count). The van der Waals surface area contributed by atoms with Gasteiger partial charge in [-0.05, 0) is 63.0 Å². The van der Waals surface area contributed by atoms with Crippen LogP contribution < -0.4 is 20.3 Å². The van der Waals surface area contributed by atoms with Crippen molar-refractivity contribution in [1.82, 2.24) is 15.8 Å². The molecular weight excluding hydrogens is 344 g/mol. The van der Waals surface area contributed by atoms with Gasteiger partial charge in [0, 0.05) is 24.7 Å². The maximum Gasteiger partial charge on any atom is 0.259 e. The number of methoxy groups -OCH3 is 1. The first-order valence-corrected chi connectivity index (χ1v) is 9.67. The van der Waals surface area contributed by atoms with E-state index in [0.29, 0.717) is 17.1 Å². The fraction of sp³-hybridized carbons (Fsp3) is 0.500. The SMILES string of the molecule is COc1ccc(-c2onc(N3CCCC3)c2C(=O)NC2CCNCC2)cc1. The summed E-state index contributed by atoms with van der Waals surface area (Å²) in [6, 6.07) is 7.70. The summed E-state index contributed by atoms with van der Waals surface area (Å²) in [6.45, 7) is 3.67. The summed E-state index contributed by atoms with van der Waals surface area (Å²) >= 11 is 0. The minimum atomic E-state index is -0.101. The Labute approximate surface area is 159 Å². The number of piperidine rings is 1. The van der Waals surface area contributed by atoms with Crippen molar-refractivity contribution in [3.05, 3.63) is 29.8 Å². The van der Waals surface area contributed by atoms with Gasteiger partial charge in [-0.1, -0.05) is 5.16 Å². The van der Waals surface area contributed by atoms with Crippen LogP contribution in [0.5, 0.6) is 5.75 Å². The first-order chi connectivity index (χ1) is 13.3. The minimum absolute atomic E-state index is 0.101. The number of anilines is 1. The van der Waals surface area contributed by atoms with Gasteiger partial charge in [0.15, 0.2) is 11.6 Å². The Morgan fingerprint density at radius 1 is 1.22 bits per heavy atom. The number of hydrogen-bond donors (Lipinski definition) is 2. The molecule has 1 aromatic heterocycles. The van der Waals surface area contributed by atoms with Gasteiger partial charge >= 0.3 is 0 Å². The maximum atomic E-state index is 13.2. The summed E-state index contributed by atoms with van der Waals surface area (Å²) < 4.78 is 10.9. The Balaban J connectivity index is 1.66. The minimum Gasteiger partial charge on any atom is -0.497 e. The van der Waals surface area contributed by atoms with Crippen LogP contribution >= 0.6 is 0 Å². The number of amides is 1. The standard InChI is InChI=1S/C20H26N4O3/c1-26-16-6-4-14(5-7-16)18-17(19(23-27-18)24-12-2-3-13-24)20(25)22-15-8-10-21-11-9-15/h4-7,15,21H,2-3,8-13H2,1H3,(H,22,25). The Bertz CT molecular complexity index is 775. The third-order valence-corrected chi connectivity index (χ3v) is 5.33. The van der Waals surface area contributed by atoms with Crippen molar-refractivity contribution in [3.63, 3.8) is 0 Å². The van der Waals surface area contributed by atoms with Crippen LogP contribution in [0.2, 0.25) is 0 Å². The number of nitrogens with zero attached hydrogens (tertiary/aromatic N) is 2. The maximum absolute atomic E-state index is 13.2. The lowest BCUT2D eigenvalue weighted by Gasteiger charge is -2.24. The first kappa shape index (κ1) is 17.9. The average Bonchev–Trinajstić information content (AvgIpc) is 3.38.